The van der Waals surface area contributed by atoms with Crippen LogP contribution in [-0.4, -0.2) is 11.3 Å². The molecule has 0 bridgehead atoms. The number of allylic oxidation sites excluding steroid dienone is 4. The second-order valence-electron chi connectivity index (χ2n) is 7.50. The van der Waals surface area contributed by atoms with Crippen molar-refractivity contribution in [3.05, 3.63) is 57.7 Å². The number of nitrogens with zero attached hydrogens (tertiary/aromatic N) is 1. The average Bonchev–Trinajstić information content (AvgIpc) is 2.61. The summed E-state index contributed by atoms with van der Waals surface area (Å²) in [6, 6.07) is 8.74. The van der Waals surface area contributed by atoms with Crippen LogP contribution in [0.15, 0.2) is 51.6 Å². The third kappa shape index (κ3) is 3.09. The van der Waals surface area contributed by atoms with Crippen LogP contribution >= 0.6 is 0 Å². The summed E-state index contributed by atoms with van der Waals surface area (Å²) in [5, 5.41) is 0. The highest BCUT2D eigenvalue weighted by molar-refractivity contribution is 6.00. The average molecular weight is 295 g/mol. The smallest absolute Gasteiger partial charge is 0.0527 e. The first-order valence-electron chi connectivity index (χ1n) is 8.14. The summed E-state index contributed by atoms with van der Waals surface area (Å²) in [4.78, 5) is 4.88. The monoisotopic (exact) mass is 295 g/mol. The second-order valence-corrected chi connectivity index (χ2v) is 7.50. The van der Waals surface area contributed by atoms with Crippen molar-refractivity contribution in [3.63, 3.8) is 0 Å². The summed E-state index contributed by atoms with van der Waals surface area (Å²) in [6.45, 7) is 17.6. The van der Waals surface area contributed by atoms with Crippen molar-refractivity contribution in [3.8, 4) is 0 Å². The molecule has 0 aromatic heterocycles. The lowest BCUT2D eigenvalue weighted by atomic mass is 9.85. The molecule has 1 nitrogen and oxygen atoms in total. The molecule has 0 heterocycles. The Morgan fingerprint density at radius 2 is 1.41 bits per heavy atom. The van der Waals surface area contributed by atoms with Gasteiger partial charge >= 0.3 is 0 Å². The van der Waals surface area contributed by atoms with Crippen LogP contribution in [0, 0.1) is 0 Å². The van der Waals surface area contributed by atoms with E-state index in [1.807, 2.05) is 0 Å². The molecule has 1 aromatic rings. The summed E-state index contributed by atoms with van der Waals surface area (Å²) in [5.74, 6) is 0.404. The largest absolute Gasteiger partial charge is 0.284 e. The summed E-state index contributed by atoms with van der Waals surface area (Å²) in [6.07, 6.45) is 0. The Kier molecular flexibility index (Phi) is 4.47. The van der Waals surface area contributed by atoms with Crippen molar-refractivity contribution in [1.29, 1.82) is 0 Å². The van der Waals surface area contributed by atoms with E-state index in [-0.39, 0.29) is 5.54 Å². The fourth-order valence-electron chi connectivity index (χ4n) is 3.46. The Morgan fingerprint density at radius 3 is 1.91 bits per heavy atom. The lowest BCUT2D eigenvalue weighted by Gasteiger charge is -2.21. The Bertz CT molecular complexity index is 654. The number of rotatable bonds is 2. The Balaban J connectivity index is 2.59. The Labute approximate surface area is 135 Å². The molecule has 1 aliphatic rings. The molecule has 0 spiro atoms. The van der Waals surface area contributed by atoms with Crippen LogP contribution in [0.25, 0.3) is 0 Å². The molecule has 0 radical (unpaired) electrons. The van der Waals surface area contributed by atoms with Gasteiger partial charge in [0.1, 0.15) is 0 Å². The zero-order chi connectivity index (χ0) is 16.7. The van der Waals surface area contributed by atoms with E-state index in [0.717, 1.165) is 5.71 Å². The maximum absolute atomic E-state index is 4.88. The van der Waals surface area contributed by atoms with Crippen LogP contribution in [0.3, 0.4) is 0 Å². The minimum atomic E-state index is -0.0472. The molecule has 2 rings (SSSR count). The Morgan fingerprint density at radius 1 is 0.909 bits per heavy atom. The molecule has 0 fully saturated rings. The van der Waals surface area contributed by atoms with Gasteiger partial charge in [-0.3, -0.25) is 4.99 Å². The maximum atomic E-state index is 4.88. The predicted octanol–water partition coefficient (Wildman–Crippen LogP) is 6.06. The highest BCUT2D eigenvalue weighted by atomic mass is 14.8. The van der Waals surface area contributed by atoms with Crippen LogP contribution in [0.5, 0.6) is 0 Å². The normalized spacial score (nSPS) is 17.7. The van der Waals surface area contributed by atoms with E-state index in [0.29, 0.717) is 5.92 Å². The van der Waals surface area contributed by atoms with Crippen molar-refractivity contribution < 1.29 is 0 Å². The lowest BCUT2D eigenvalue weighted by Crippen LogP contribution is -2.15. The number of benzene rings is 1. The van der Waals surface area contributed by atoms with Crippen molar-refractivity contribution in [1.82, 2.24) is 0 Å². The summed E-state index contributed by atoms with van der Waals surface area (Å²) in [7, 11) is 0. The van der Waals surface area contributed by atoms with Gasteiger partial charge in [0, 0.05) is 11.6 Å². The fourth-order valence-corrected chi connectivity index (χ4v) is 3.46. The van der Waals surface area contributed by atoms with E-state index in [1.54, 1.807) is 0 Å². The standard InChI is InChI=1S/C21H29N/c1-13-14(2)16(4)20(15(13)3)19-12-10-9-11-18(19)17(5)22-21(6,7)8/h9-12,20H,1-8H3. The van der Waals surface area contributed by atoms with Crippen LogP contribution in [-0.2, 0) is 0 Å². The molecule has 0 N–H and O–H groups in total. The van der Waals surface area contributed by atoms with E-state index in [4.69, 9.17) is 4.99 Å². The molecule has 0 amide bonds. The summed E-state index contributed by atoms with van der Waals surface area (Å²) < 4.78 is 0. The predicted molar refractivity (Wildman–Crippen MR) is 97.9 cm³/mol. The second kappa shape index (κ2) is 5.87. The van der Waals surface area contributed by atoms with Crippen molar-refractivity contribution in [2.75, 3.05) is 0 Å². The zero-order valence-electron chi connectivity index (χ0n) is 15.3. The highest BCUT2D eigenvalue weighted by Crippen LogP contribution is 2.44. The summed E-state index contributed by atoms with van der Waals surface area (Å²) in [5.41, 5.74) is 9.60. The number of aliphatic imine (C=N–C) groups is 1. The Hall–Kier alpha value is -1.63. The first-order chi connectivity index (χ1) is 10.1. The molecule has 1 heteroatoms. The van der Waals surface area contributed by atoms with Gasteiger partial charge in [-0.1, -0.05) is 35.4 Å². The zero-order valence-corrected chi connectivity index (χ0v) is 15.3. The molecule has 0 saturated carbocycles. The molecule has 0 unspecified atom stereocenters. The topological polar surface area (TPSA) is 12.4 Å². The molecule has 0 atom stereocenters. The maximum Gasteiger partial charge on any atom is 0.0527 e. The van der Waals surface area contributed by atoms with Gasteiger partial charge in [0.25, 0.3) is 0 Å². The van der Waals surface area contributed by atoms with Gasteiger partial charge in [-0.2, -0.15) is 0 Å². The third-order valence-electron chi connectivity index (χ3n) is 4.78. The molecule has 1 aromatic carbocycles. The molecule has 118 valence electrons. The van der Waals surface area contributed by atoms with E-state index < -0.39 is 0 Å². The van der Waals surface area contributed by atoms with Crippen LogP contribution in [0.2, 0.25) is 0 Å². The first-order valence-corrected chi connectivity index (χ1v) is 8.14. The van der Waals surface area contributed by atoms with E-state index in [9.17, 15) is 0 Å². The highest BCUT2D eigenvalue weighted by Gasteiger charge is 2.27. The van der Waals surface area contributed by atoms with E-state index >= 15 is 0 Å². The lowest BCUT2D eigenvalue weighted by molar-refractivity contribution is 0.583. The molecule has 0 aliphatic heterocycles. The van der Waals surface area contributed by atoms with Gasteiger partial charge in [-0.15, -0.1) is 0 Å². The molecular formula is C21H29N. The van der Waals surface area contributed by atoms with Crippen molar-refractivity contribution in [2.24, 2.45) is 4.99 Å². The van der Waals surface area contributed by atoms with Gasteiger partial charge in [0.05, 0.1) is 5.54 Å². The SMILES string of the molecule is CC(=NC(C)(C)C)c1ccccc1C1C(C)=C(C)C(C)=C1C. The summed E-state index contributed by atoms with van der Waals surface area (Å²) >= 11 is 0. The minimum absolute atomic E-state index is 0.0472. The van der Waals surface area contributed by atoms with Crippen LogP contribution in [0.4, 0.5) is 0 Å². The van der Waals surface area contributed by atoms with Gasteiger partial charge in [0.2, 0.25) is 0 Å². The van der Waals surface area contributed by atoms with Crippen LogP contribution in [0.1, 0.15) is 72.4 Å². The van der Waals surface area contributed by atoms with Gasteiger partial charge in [-0.25, -0.2) is 0 Å². The van der Waals surface area contributed by atoms with Crippen LogP contribution < -0.4 is 0 Å². The molecule has 0 saturated heterocycles. The van der Waals surface area contributed by atoms with E-state index in [1.165, 1.54) is 33.4 Å². The van der Waals surface area contributed by atoms with Gasteiger partial charge in [0.15, 0.2) is 0 Å². The van der Waals surface area contributed by atoms with Gasteiger partial charge < -0.3 is 0 Å². The molecule has 22 heavy (non-hydrogen) atoms. The number of hydrogen-bond donors (Lipinski definition) is 0. The van der Waals surface area contributed by atoms with Gasteiger partial charge in [-0.05, 0) is 77.7 Å². The minimum Gasteiger partial charge on any atom is -0.284 e. The van der Waals surface area contributed by atoms with Crippen molar-refractivity contribution in [2.45, 2.75) is 66.8 Å². The fraction of sp³-hybridized carbons (Fsp3) is 0.476. The third-order valence-corrected chi connectivity index (χ3v) is 4.78. The van der Waals surface area contributed by atoms with E-state index in [2.05, 4.69) is 79.7 Å². The quantitative estimate of drug-likeness (QED) is 0.588. The molecule has 1 aliphatic carbocycles. The number of hydrogen-bond acceptors (Lipinski definition) is 1. The molecular weight excluding hydrogens is 266 g/mol. The first kappa shape index (κ1) is 16.7. The van der Waals surface area contributed by atoms with Crippen molar-refractivity contribution >= 4 is 5.71 Å².